The Balaban J connectivity index is 1.71. The minimum Gasteiger partial charge on any atom is -0.330 e. The van der Waals surface area contributed by atoms with Crippen LogP contribution in [0.4, 0.5) is 0 Å². The molecule has 1 aliphatic rings. The van der Waals surface area contributed by atoms with Crippen LogP contribution in [0.1, 0.15) is 27.2 Å². The molecule has 0 bridgehead atoms. The monoisotopic (exact) mass is 306 g/mol. The summed E-state index contributed by atoms with van der Waals surface area (Å²) in [6.45, 7) is 2.89. The van der Waals surface area contributed by atoms with Crippen LogP contribution in [0.5, 0.6) is 0 Å². The number of hydrogen-bond donors (Lipinski definition) is 0. The Kier molecular flexibility index (Phi) is 2.97. The predicted octanol–water partition coefficient (Wildman–Crippen LogP) is 1.55. The lowest BCUT2D eigenvalue weighted by molar-refractivity contribution is 0.0749. The Labute approximate surface area is 132 Å². The lowest BCUT2D eigenvalue weighted by Gasteiger charge is -2.15. The number of hydrogen-bond acceptors (Lipinski definition) is 4. The minimum atomic E-state index is -0.342. The van der Waals surface area contributed by atoms with E-state index in [1.54, 1.807) is 35.5 Å². The van der Waals surface area contributed by atoms with Gasteiger partial charge in [0.15, 0.2) is 0 Å². The maximum absolute atomic E-state index is 12.7. The Morgan fingerprint density at radius 1 is 1.13 bits per heavy atom. The third kappa shape index (κ3) is 2.19. The Morgan fingerprint density at radius 2 is 1.96 bits per heavy atom. The molecule has 0 N–H and O–H groups in total. The number of aromatic nitrogens is 3. The third-order valence-corrected chi connectivity index (χ3v) is 4.07. The van der Waals surface area contributed by atoms with Crippen LogP contribution in [0.2, 0.25) is 0 Å². The highest BCUT2D eigenvalue weighted by atomic mass is 16.2. The van der Waals surface area contributed by atoms with Gasteiger partial charge in [-0.3, -0.25) is 19.0 Å². The van der Waals surface area contributed by atoms with Crippen LogP contribution in [0.3, 0.4) is 0 Å². The van der Waals surface area contributed by atoms with Gasteiger partial charge in [-0.25, -0.2) is 4.98 Å². The fourth-order valence-corrected chi connectivity index (χ4v) is 2.89. The van der Waals surface area contributed by atoms with E-state index in [0.717, 1.165) is 16.8 Å². The zero-order valence-electron chi connectivity index (χ0n) is 12.6. The standard InChI is InChI=1S/C17H14N4O2/c1-11-6-12-9-20(10-13(12)7-18-11)16(22)14-8-19-15-4-2-3-5-21(15)17(14)23/h2-8H,9-10H2,1H3. The largest absolute Gasteiger partial charge is 0.330 e. The molecule has 0 aliphatic carbocycles. The summed E-state index contributed by atoms with van der Waals surface area (Å²) < 4.78 is 1.39. The lowest BCUT2D eigenvalue weighted by Crippen LogP contribution is -2.32. The summed E-state index contributed by atoms with van der Waals surface area (Å²) >= 11 is 0. The average molecular weight is 306 g/mol. The highest BCUT2D eigenvalue weighted by Crippen LogP contribution is 2.23. The number of rotatable bonds is 1. The van der Waals surface area contributed by atoms with Crippen molar-refractivity contribution >= 4 is 11.6 Å². The molecule has 23 heavy (non-hydrogen) atoms. The van der Waals surface area contributed by atoms with Crippen molar-refractivity contribution in [3.63, 3.8) is 0 Å². The van der Waals surface area contributed by atoms with Crippen LogP contribution in [0.15, 0.2) is 47.7 Å². The average Bonchev–Trinajstić information content (AvgIpc) is 2.98. The zero-order chi connectivity index (χ0) is 16.0. The van der Waals surface area contributed by atoms with E-state index in [4.69, 9.17) is 0 Å². The zero-order valence-corrected chi connectivity index (χ0v) is 12.6. The van der Waals surface area contributed by atoms with Gasteiger partial charge in [0.05, 0.1) is 0 Å². The molecule has 0 atom stereocenters. The molecule has 0 saturated carbocycles. The molecule has 3 aromatic rings. The second-order valence-electron chi connectivity index (χ2n) is 5.66. The molecule has 1 amide bonds. The van der Waals surface area contributed by atoms with Gasteiger partial charge in [-0.1, -0.05) is 6.07 Å². The molecule has 6 nitrogen and oxygen atoms in total. The first-order chi connectivity index (χ1) is 11.1. The fourth-order valence-electron chi connectivity index (χ4n) is 2.89. The normalized spacial score (nSPS) is 13.3. The molecule has 0 spiro atoms. The molecule has 0 aromatic carbocycles. The number of amides is 1. The number of nitrogens with zero attached hydrogens (tertiary/aromatic N) is 4. The van der Waals surface area contributed by atoms with Gasteiger partial charge in [-0.2, -0.15) is 0 Å². The first-order valence-corrected chi connectivity index (χ1v) is 7.33. The molecular formula is C17H14N4O2. The van der Waals surface area contributed by atoms with E-state index in [-0.39, 0.29) is 17.0 Å². The van der Waals surface area contributed by atoms with Crippen molar-refractivity contribution in [2.24, 2.45) is 0 Å². The lowest BCUT2D eigenvalue weighted by atomic mass is 10.2. The topological polar surface area (TPSA) is 67.6 Å². The van der Waals surface area contributed by atoms with E-state index in [0.29, 0.717) is 18.7 Å². The van der Waals surface area contributed by atoms with Crippen LogP contribution in [-0.2, 0) is 13.1 Å². The van der Waals surface area contributed by atoms with Gasteiger partial charge in [-0.05, 0) is 36.2 Å². The number of aryl methyl sites for hydroxylation is 1. The predicted molar refractivity (Wildman–Crippen MR) is 84.0 cm³/mol. The molecule has 4 rings (SSSR count). The van der Waals surface area contributed by atoms with Crippen LogP contribution < -0.4 is 5.56 Å². The molecule has 1 aliphatic heterocycles. The highest BCUT2D eigenvalue weighted by molar-refractivity contribution is 5.94. The molecular weight excluding hydrogens is 292 g/mol. The Hall–Kier alpha value is -3.02. The first kappa shape index (κ1) is 13.6. The molecule has 6 heteroatoms. The van der Waals surface area contributed by atoms with E-state index in [1.807, 2.05) is 13.0 Å². The maximum Gasteiger partial charge on any atom is 0.270 e. The van der Waals surface area contributed by atoms with Gasteiger partial charge in [0.25, 0.3) is 11.5 Å². The summed E-state index contributed by atoms with van der Waals surface area (Å²) in [4.78, 5) is 35.3. The van der Waals surface area contributed by atoms with E-state index >= 15 is 0 Å². The Bertz CT molecular complexity index is 993. The molecule has 4 heterocycles. The first-order valence-electron chi connectivity index (χ1n) is 7.33. The van der Waals surface area contributed by atoms with Crippen molar-refractivity contribution < 1.29 is 4.79 Å². The van der Waals surface area contributed by atoms with Crippen LogP contribution in [0, 0.1) is 6.92 Å². The summed E-state index contributed by atoms with van der Waals surface area (Å²) in [7, 11) is 0. The van der Waals surface area contributed by atoms with Crippen molar-refractivity contribution in [1.82, 2.24) is 19.3 Å². The number of carbonyl (C=O) groups is 1. The smallest absolute Gasteiger partial charge is 0.270 e. The minimum absolute atomic E-state index is 0.0891. The van der Waals surface area contributed by atoms with Crippen molar-refractivity contribution in [2.75, 3.05) is 0 Å². The van der Waals surface area contributed by atoms with Gasteiger partial charge in [0.1, 0.15) is 11.2 Å². The van der Waals surface area contributed by atoms with Gasteiger partial charge < -0.3 is 4.90 Å². The summed E-state index contributed by atoms with van der Waals surface area (Å²) in [6, 6.07) is 7.25. The summed E-state index contributed by atoms with van der Waals surface area (Å²) in [6.07, 6.45) is 4.78. The van der Waals surface area contributed by atoms with E-state index < -0.39 is 0 Å². The van der Waals surface area contributed by atoms with Gasteiger partial charge >= 0.3 is 0 Å². The second-order valence-corrected chi connectivity index (χ2v) is 5.66. The molecule has 0 radical (unpaired) electrons. The van der Waals surface area contributed by atoms with E-state index in [1.165, 1.54) is 10.6 Å². The van der Waals surface area contributed by atoms with E-state index in [2.05, 4.69) is 9.97 Å². The summed E-state index contributed by atoms with van der Waals surface area (Å²) in [5.41, 5.74) is 3.30. The van der Waals surface area contributed by atoms with Crippen LogP contribution >= 0.6 is 0 Å². The molecule has 0 saturated heterocycles. The van der Waals surface area contributed by atoms with Gasteiger partial charge in [-0.15, -0.1) is 0 Å². The van der Waals surface area contributed by atoms with Gasteiger partial charge in [0, 0.05) is 37.4 Å². The highest BCUT2D eigenvalue weighted by Gasteiger charge is 2.26. The maximum atomic E-state index is 12.7. The number of carbonyl (C=O) groups excluding carboxylic acids is 1. The fraction of sp³-hybridized carbons (Fsp3) is 0.176. The van der Waals surface area contributed by atoms with Crippen LogP contribution in [-0.4, -0.2) is 25.2 Å². The summed E-state index contributed by atoms with van der Waals surface area (Å²) in [5, 5.41) is 0. The molecule has 0 fully saturated rings. The van der Waals surface area contributed by atoms with Crippen molar-refractivity contribution in [3.8, 4) is 0 Å². The third-order valence-electron chi connectivity index (χ3n) is 4.07. The number of pyridine rings is 2. The van der Waals surface area contributed by atoms with Crippen molar-refractivity contribution in [3.05, 3.63) is 75.6 Å². The summed E-state index contributed by atoms with van der Waals surface area (Å²) in [5.74, 6) is -0.297. The molecule has 0 unspecified atom stereocenters. The molecule has 3 aromatic heterocycles. The van der Waals surface area contributed by atoms with Gasteiger partial charge in [0.2, 0.25) is 0 Å². The van der Waals surface area contributed by atoms with Crippen molar-refractivity contribution in [2.45, 2.75) is 20.0 Å². The number of fused-ring (bicyclic) bond motifs is 2. The quantitative estimate of drug-likeness (QED) is 0.684. The van der Waals surface area contributed by atoms with Crippen molar-refractivity contribution in [1.29, 1.82) is 0 Å². The Morgan fingerprint density at radius 3 is 2.83 bits per heavy atom. The SMILES string of the molecule is Cc1cc2c(cn1)CN(C(=O)c1cnc3ccccn3c1=O)C2. The second kappa shape index (κ2) is 5.01. The molecule has 114 valence electrons. The van der Waals surface area contributed by atoms with Crippen LogP contribution in [0.25, 0.3) is 5.65 Å². The van der Waals surface area contributed by atoms with E-state index in [9.17, 15) is 9.59 Å².